The fourth-order valence-electron chi connectivity index (χ4n) is 2.91. The molecule has 1 aliphatic heterocycles. The molecule has 0 saturated heterocycles. The molecule has 2 heterocycles. The fraction of sp³-hybridized carbons (Fsp3) is 0.158. The molecular weight excluding hydrogens is 354 g/mol. The van der Waals surface area contributed by atoms with Gasteiger partial charge in [0.2, 0.25) is 11.0 Å². The lowest BCUT2D eigenvalue weighted by molar-refractivity contribution is 0.453. The predicted octanol–water partition coefficient (Wildman–Crippen LogP) is 5.17. The molecule has 1 aromatic heterocycles. The summed E-state index contributed by atoms with van der Waals surface area (Å²) in [5.41, 5.74) is 3.22. The number of aromatic hydroxyl groups is 1. The number of aromatic nitrogens is 1. The summed E-state index contributed by atoms with van der Waals surface area (Å²) in [5.74, 6) is 0.0678. The fourth-order valence-corrected chi connectivity index (χ4v) is 3.84. The summed E-state index contributed by atoms with van der Waals surface area (Å²) >= 11 is 7.48. The average molecular weight is 370 g/mol. The Morgan fingerprint density at radius 2 is 1.84 bits per heavy atom. The van der Waals surface area contributed by atoms with Gasteiger partial charge in [-0.15, -0.1) is 0 Å². The van der Waals surface area contributed by atoms with Crippen molar-refractivity contribution in [2.75, 3.05) is 5.01 Å². The number of thiazole rings is 1. The highest BCUT2D eigenvalue weighted by atomic mass is 35.5. The SMILES string of the molecule is Cc1sc(N2N=C(c3ccccc3)CC2c2ccc(Cl)cc2)nc1O. The zero-order valence-electron chi connectivity index (χ0n) is 13.6. The summed E-state index contributed by atoms with van der Waals surface area (Å²) in [7, 11) is 0. The van der Waals surface area contributed by atoms with E-state index >= 15 is 0 Å². The molecule has 0 aliphatic carbocycles. The van der Waals surface area contributed by atoms with Crippen molar-refractivity contribution in [1.29, 1.82) is 0 Å². The van der Waals surface area contributed by atoms with Crippen LogP contribution in [0.3, 0.4) is 0 Å². The Labute approximate surface area is 155 Å². The molecule has 1 unspecified atom stereocenters. The molecule has 2 aromatic carbocycles. The van der Waals surface area contributed by atoms with Gasteiger partial charge in [0.1, 0.15) is 0 Å². The van der Waals surface area contributed by atoms with E-state index in [1.165, 1.54) is 11.3 Å². The maximum absolute atomic E-state index is 9.88. The van der Waals surface area contributed by atoms with Gasteiger partial charge in [-0.3, -0.25) is 0 Å². The zero-order valence-corrected chi connectivity index (χ0v) is 15.1. The second kappa shape index (κ2) is 6.50. The van der Waals surface area contributed by atoms with E-state index in [2.05, 4.69) is 17.1 Å². The van der Waals surface area contributed by atoms with Crippen molar-refractivity contribution in [3.63, 3.8) is 0 Å². The maximum atomic E-state index is 9.88. The number of benzene rings is 2. The Balaban J connectivity index is 1.76. The number of hydrogen-bond donors (Lipinski definition) is 1. The molecule has 0 bridgehead atoms. The van der Waals surface area contributed by atoms with Crippen LogP contribution in [0.5, 0.6) is 5.88 Å². The van der Waals surface area contributed by atoms with E-state index in [1.807, 2.05) is 54.4 Å². The summed E-state index contributed by atoms with van der Waals surface area (Å²) in [6.07, 6.45) is 0.769. The standard InChI is InChI=1S/C19H16ClN3OS/c1-12-18(24)21-19(25-12)23-17(14-7-9-15(20)10-8-14)11-16(22-23)13-5-3-2-4-6-13/h2-10,17,24H,11H2,1H3. The van der Waals surface area contributed by atoms with E-state index in [1.54, 1.807) is 0 Å². The summed E-state index contributed by atoms with van der Waals surface area (Å²) in [6.45, 7) is 1.85. The van der Waals surface area contributed by atoms with Gasteiger partial charge in [0.15, 0.2) is 0 Å². The summed E-state index contributed by atoms with van der Waals surface area (Å²) in [6, 6.07) is 18.0. The molecule has 126 valence electrons. The molecule has 6 heteroatoms. The Hall–Kier alpha value is -2.37. The van der Waals surface area contributed by atoms with Crippen LogP contribution in [-0.2, 0) is 0 Å². The highest BCUT2D eigenvalue weighted by Crippen LogP contribution is 2.40. The summed E-state index contributed by atoms with van der Waals surface area (Å²) in [4.78, 5) is 5.07. The third-order valence-corrected chi connectivity index (χ3v) is 5.43. The van der Waals surface area contributed by atoms with E-state index in [4.69, 9.17) is 16.7 Å². The van der Waals surface area contributed by atoms with Gasteiger partial charge in [0.25, 0.3) is 0 Å². The lowest BCUT2D eigenvalue weighted by atomic mass is 9.99. The zero-order chi connectivity index (χ0) is 17.4. The van der Waals surface area contributed by atoms with Crippen LogP contribution in [0.15, 0.2) is 59.7 Å². The van der Waals surface area contributed by atoms with Crippen LogP contribution in [-0.4, -0.2) is 15.8 Å². The van der Waals surface area contributed by atoms with Crippen LogP contribution in [0.2, 0.25) is 5.02 Å². The number of halogens is 1. The van der Waals surface area contributed by atoms with Crippen molar-refractivity contribution in [1.82, 2.24) is 4.98 Å². The Bertz CT molecular complexity index is 902. The predicted molar refractivity (Wildman–Crippen MR) is 103 cm³/mol. The lowest BCUT2D eigenvalue weighted by Gasteiger charge is -2.21. The van der Waals surface area contributed by atoms with Crippen molar-refractivity contribution in [2.24, 2.45) is 5.10 Å². The van der Waals surface area contributed by atoms with E-state index in [0.29, 0.717) is 10.2 Å². The third kappa shape index (κ3) is 3.13. The van der Waals surface area contributed by atoms with Crippen LogP contribution in [0, 0.1) is 6.92 Å². The van der Waals surface area contributed by atoms with E-state index in [0.717, 1.165) is 28.1 Å². The molecule has 1 N–H and O–H groups in total. The van der Waals surface area contributed by atoms with Crippen molar-refractivity contribution in [2.45, 2.75) is 19.4 Å². The largest absolute Gasteiger partial charge is 0.492 e. The second-order valence-corrected chi connectivity index (χ2v) is 7.52. The van der Waals surface area contributed by atoms with Crippen molar-refractivity contribution in [3.8, 4) is 5.88 Å². The van der Waals surface area contributed by atoms with Gasteiger partial charge < -0.3 is 5.11 Å². The van der Waals surface area contributed by atoms with Gasteiger partial charge in [0, 0.05) is 11.4 Å². The number of hydrazone groups is 1. The van der Waals surface area contributed by atoms with Crippen molar-refractivity contribution in [3.05, 3.63) is 75.6 Å². The minimum Gasteiger partial charge on any atom is -0.492 e. The first-order chi connectivity index (χ1) is 12.1. The topological polar surface area (TPSA) is 48.7 Å². The van der Waals surface area contributed by atoms with Crippen molar-refractivity contribution >= 4 is 33.8 Å². The van der Waals surface area contributed by atoms with Crippen molar-refractivity contribution < 1.29 is 5.11 Å². The Morgan fingerprint density at radius 3 is 2.48 bits per heavy atom. The first kappa shape index (κ1) is 16.1. The summed E-state index contributed by atoms with van der Waals surface area (Å²) < 4.78 is 0. The molecule has 0 fully saturated rings. The van der Waals surface area contributed by atoms with Crippen LogP contribution < -0.4 is 5.01 Å². The molecule has 0 amide bonds. The molecule has 4 rings (SSSR count). The second-order valence-electron chi connectivity index (χ2n) is 5.90. The van der Waals surface area contributed by atoms with E-state index < -0.39 is 0 Å². The number of anilines is 1. The number of rotatable bonds is 3. The molecule has 25 heavy (non-hydrogen) atoms. The van der Waals surface area contributed by atoms with Crippen LogP contribution >= 0.6 is 22.9 Å². The van der Waals surface area contributed by atoms with Gasteiger partial charge in [-0.1, -0.05) is 65.4 Å². The molecule has 1 atom stereocenters. The molecule has 3 aromatic rings. The normalized spacial score (nSPS) is 17.0. The van der Waals surface area contributed by atoms with Gasteiger partial charge in [-0.25, -0.2) is 5.01 Å². The summed E-state index contributed by atoms with van der Waals surface area (Å²) in [5, 5.41) is 18.0. The molecular formula is C19H16ClN3OS. The van der Waals surface area contributed by atoms with Crippen LogP contribution in [0.4, 0.5) is 5.13 Å². The molecule has 1 aliphatic rings. The smallest absolute Gasteiger partial charge is 0.226 e. The van der Waals surface area contributed by atoms with Crippen LogP contribution in [0.25, 0.3) is 0 Å². The first-order valence-corrected chi connectivity index (χ1v) is 9.15. The molecule has 0 saturated carbocycles. The Kier molecular flexibility index (Phi) is 4.19. The lowest BCUT2D eigenvalue weighted by Crippen LogP contribution is -2.18. The molecule has 0 radical (unpaired) electrons. The van der Waals surface area contributed by atoms with Gasteiger partial charge in [-0.2, -0.15) is 10.1 Å². The van der Waals surface area contributed by atoms with Crippen LogP contribution in [0.1, 0.15) is 28.5 Å². The van der Waals surface area contributed by atoms with Gasteiger partial charge >= 0.3 is 0 Å². The number of nitrogens with zero attached hydrogens (tertiary/aromatic N) is 3. The molecule has 4 nitrogen and oxygen atoms in total. The third-order valence-electron chi connectivity index (χ3n) is 4.23. The van der Waals surface area contributed by atoms with Gasteiger partial charge in [0.05, 0.1) is 16.6 Å². The molecule has 0 spiro atoms. The minimum absolute atomic E-state index is 0.0254. The number of hydrogen-bond acceptors (Lipinski definition) is 5. The number of aryl methyl sites for hydroxylation is 1. The minimum atomic E-state index is 0.0254. The highest BCUT2D eigenvalue weighted by Gasteiger charge is 2.32. The van der Waals surface area contributed by atoms with E-state index in [-0.39, 0.29) is 11.9 Å². The average Bonchev–Trinajstić information content (AvgIpc) is 3.21. The monoisotopic (exact) mass is 369 g/mol. The quantitative estimate of drug-likeness (QED) is 0.693. The van der Waals surface area contributed by atoms with Gasteiger partial charge in [-0.05, 0) is 30.2 Å². The van der Waals surface area contributed by atoms with E-state index in [9.17, 15) is 5.11 Å². The maximum Gasteiger partial charge on any atom is 0.226 e. The Morgan fingerprint density at radius 1 is 1.12 bits per heavy atom. The highest BCUT2D eigenvalue weighted by molar-refractivity contribution is 7.15. The first-order valence-electron chi connectivity index (χ1n) is 7.96.